The van der Waals surface area contributed by atoms with E-state index in [4.69, 9.17) is 0 Å². The summed E-state index contributed by atoms with van der Waals surface area (Å²) in [6.45, 7) is 5.90. The molecule has 2 heteroatoms. The fourth-order valence-corrected chi connectivity index (χ4v) is 1.26. The molecule has 0 N–H and O–H groups in total. The molecule has 0 bridgehead atoms. The number of hydrogen-bond acceptors (Lipinski definition) is 2. The van der Waals surface area contributed by atoms with Crippen LogP contribution in [-0.4, -0.2) is 5.97 Å². The Morgan fingerprint density at radius 2 is 2.15 bits per heavy atom. The normalized spacial score (nSPS) is 14.2. The second-order valence-electron chi connectivity index (χ2n) is 3.57. The highest BCUT2D eigenvalue weighted by Gasteiger charge is 2.01. The van der Waals surface area contributed by atoms with Crippen LogP contribution in [0.2, 0.25) is 0 Å². The third-order valence-electron chi connectivity index (χ3n) is 2.16. The maximum Gasteiger partial charge on any atom is 0.0442 e. The molecular weight excluding hydrogens is 164 g/mol. The largest absolute Gasteiger partial charge is 0.550 e. The van der Waals surface area contributed by atoms with E-state index in [-0.39, 0.29) is 5.92 Å². The highest BCUT2D eigenvalue weighted by Crippen LogP contribution is 2.12. The monoisotopic (exact) mass is 183 g/mol. The SMILES string of the molecule is CC/C=C(\C)CCCC(C)C(=O)[O-]. The minimum atomic E-state index is -0.933. The lowest BCUT2D eigenvalue weighted by Gasteiger charge is -2.11. The highest BCUT2D eigenvalue weighted by atomic mass is 16.4. The zero-order valence-corrected chi connectivity index (χ0v) is 8.80. The van der Waals surface area contributed by atoms with Gasteiger partial charge in [-0.25, -0.2) is 0 Å². The molecule has 0 fully saturated rings. The van der Waals surface area contributed by atoms with Crippen LogP contribution < -0.4 is 5.11 Å². The molecule has 76 valence electrons. The lowest BCUT2D eigenvalue weighted by molar-refractivity contribution is -0.311. The predicted molar refractivity (Wildman–Crippen MR) is 52.1 cm³/mol. The molecule has 0 aliphatic carbocycles. The van der Waals surface area contributed by atoms with Crippen molar-refractivity contribution in [2.45, 2.75) is 46.5 Å². The van der Waals surface area contributed by atoms with Gasteiger partial charge in [0.15, 0.2) is 0 Å². The van der Waals surface area contributed by atoms with Crippen LogP contribution in [0.1, 0.15) is 46.5 Å². The zero-order valence-electron chi connectivity index (χ0n) is 8.80. The topological polar surface area (TPSA) is 40.1 Å². The number of aliphatic carboxylic acids is 1. The number of carbonyl (C=O) groups excluding carboxylic acids is 1. The van der Waals surface area contributed by atoms with Crippen molar-refractivity contribution in [3.8, 4) is 0 Å². The summed E-state index contributed by atoms with van der Waals surface area (Å²) < 4.78 is 0. The molecule has 0 aromatic carbocycles. The van der Waals surface area contributed by atoms with Crippen molar-refractivity contribution in [3.05, 3.63) is 11.6 Å². The second kappa shape index (κ2) is 6.70. The Labute approximate surface area is 80.7 Å². The van der Waals surface area contributed by atoms with Crippen molar-refractivity contribution in [2.75, 3.05) is 0 Å². The van der Waals surface area contributed by atoms with Gasteiger partial charge in [-0.05, 0) is 38.5 Å². The standard InChI is InChI=1S/C11H20O2/c1-4-6-9(2)7-5-8-10(3)11(12)13/h6,10H,4-5,7-8H2,1-3H3,(H,12,13)/p-1/b9-6+. The van der Waals surface area contributed by atoms with Crippen LogP contribution in [0.4, 0.5) is 0 Å². The first-order chi connectivity index (χ1) is 6.07. The van der Waals surface area contributed by atoms with Gasteiger partial charge in [-0.1, -0.05) is 25.5 Å². The van der Waals surface area contributed by atoms with Gasteiger partial charge >= 0.3 is 0 Å². The molecule has 0 aromatic heterocycles. The van der Waals surface area contributed by atoms with Crippen LogP contribution in [-0.2, 0) is 4.79 Å². The van der Waals surface area contributed by atoms with Gasteiger partial charge < -0.3 is 9.90 Å². The predicted octanol–water partition coefficient (Wildman–Crippen LogP) is 1.90. The van der Waals surface area contributed by atoms with E-state index in [0.717, 1.165) is 25.7 Å². The Morgan fingerprint density at radius 3 is 2.62 bits per heavy atom. The summed E-state index contributed by atoms with van der Waals surface area (Å²) in [5.41, 5.74) is 1.35. The summed E-state index contributed by atoms with van der Waals surface area (Å²) in [6, 6.07) is 0. The van der Waals surface area contributed by atoms with Gasteiger partial charge in [-0.15, -0.1) is 0 Å². The average Bonchev–Trinajstić information content (AvgIpc) is 2.04. The van der Waals surface area contributed by atoms with Gasteiger partial charge in [0.1, 0.15) is 0 Å². The van der Waals surface area contributed by atoms with Gasteiger partial charge in [-0.3, -0.25) is 0 Å². The van der Waals surface area contributed by atoms with E-state index < -0.39 is 5.97 Å². The van der Waals surface area contributed by atoms with E-state index in [2.05, 4.69) is 19.9 Å². The zero-order chi connectivity index (χ0) is 10.3. The summed E-state index contributed by atoms with van der Waals surface area (Å²) in [6.07, 6.45) is 5.91. The van der Waals surface area contributed by atoms with Gasteiger partial charge in [-0.2, -0.15) is 0 Å². The van der Waals surface area contributed by atoms with Crippen molar-refractivity contribution in [1.29, 1.82) is 0 Å². The summed E-state index contributed by atoms with van der Waals surface area (Å²) in [7, 11) is 0. The number of carboxylic acid groups (broad SMARTS) is 1. The number of carboxylic acids is 1. The van der Waals surface area contributed by atoms with Crippen LogP contribution in [0.3, 0.4) is 0 Å². The van der Waals surface area contributed by atoms with E-state index >= 15 is 0 Å². The van der Waals surface area contributed by atoms with Crippen molar-refractivity contribution >= 4 is 5.97 Å². The Hall–Kier alpha value is -0.790. The molecule has 0 aliphatic rings. The van der Waals surface area contributed by atoms with Crippen LogP contribution in [0.15, 0.2) is 11.6 Å². The first-order valence-electron chi connectivity index (χ1n) is 4.94. The van der Waals surface area contributed by atoms with E-state index in [9.17, 15) is 9.90 Å². The third kappa shape index (κ3) is 6.38. The molecule has 0 radical (unpaired) electrons. The van der Waals surface area contributed by atoms with Crippen molar-refractivity contribution in [3.63, 3.8) is 0 Å². The van der Waals surface area contributed by atoms with Crippen molar-refractivity contribution in [2.24, 2.45) is 5.92 Å². The van der Waals surface area contributed by atoms with Crippen LogP contribution >= 0.6 is 0 Å². The van der Waals surface area contributed by atoms with Gasteiger partial charge in [0, 0.05) is 5.97 Å². The molecule has 13 heavy (non-hydrogen) atoms. The quantitative estimate of drug-likeness (QED) is 0.590. The molecule has 0 amide bonds. The number of rotatable bonds is 6. The molecule has 0 saturated carbocycles. The second-order valence-corrected chi connectivity index (χ2v) is 3.57. The molecule has 0 rings (SSSR count). The molecule has 1 unspecified atom stereocenters. The summed E-state index contributed by atoms with van der Waals surface area (Å²) in [5.74, 6) is -1.24. The fraction of sp³-hybridized carbons (Fsp3) is 0.727. The Kier molecular flexibility index (Phi) is 6.29. The third-order valence-corrected chi connectivity index (χ3v) is 2.16. The maximum atomic E-state index is 10.4. The van der Waals surface area contributed by atoms with Crippen LogP contribution in [0, 0.1) is 5.92 Å². The minimum Gasteiger partial charge on any atom is -0.550 e. The number of carbonyl (C=O) groups is 1. The van der Waals surface area contributed by atoms with E-state index in [1.165, 1.54) is 5.57 Å². The summed E-state index contributed by atoms with van der Waals surface area (Å²) >= 11 is 0. The molecule has 0 saturated heterocycles. The molecule has 0 heterocycles. The van der Waals surface area contributed by atoms with E-state index in [1.807, 2.05) is 0 Å². The van der Waals surface area contributed by atoms with Gasteiger partial charge in [0.05, 0.1) is 0 Å². The molecular formula is C11H19O2-. The van der Waals surface area contributed by atoms with Crippen molar-refractivity contribution in [1.82, 2.24) is 0 Å². The van der Waals surface area contributed by atoms with Gasteiger partial charge in [0.2, 0.25) is 0 Å². The number of allylic oxidation sites excluding steroid dienone is 2. The smallest absolute Gasteiger partial charge is 0.0442 e. The lowest BCUT2D eigenvalue weighted by atomic mass is 10.0. The molecule has 1 atom stereocenters. The molecule has 2 nitrogen and oxygen atoms in total. The van der Waals surface area contributed by atoms with Gasteiger partial charge in [0.25, 0.3) is 0 Å². The molecule has 0 spiro atoms. The number of hydrogen-bond donors (Lipinski definition) is 0. The fourth-order valence-electron chi connectivity index (χ4n) is 1.26. The Balaban J connectivity index is 3.56. The summed E-state index contributed by atoms with van der Waals surface area (Å²) in [4.78, 5) is 10.4. The van der Waals surface area contributed by atoms with E-state index in [0.29, 0.717) is 0 Å². The lowest BCUT2D eigenvalue weighted by Crippen LogP contribution is -2.29. The van der Waals surface area contributed by atoms with Crippen LogP contribution in [0.5, 0.6) is 0 Å². The first-order valence-corrected chi connectivity index (χ1v) is 4.94. The highest BCUT2D eigenvalue weighted by molar-refractivity contribution is 5.66. The van der Waals surface area contributed by atoms with Crippen molar-refractivity contribution < 1.29 is 9.90 Å². The average molecular weight is 183 g/mol. The van der Waals surface area contributed by atoms with Crippen LogP contribution in [0.25, 0.3) is 0 Å². The minimum absolute atomic E-state index is 0.311. The Morgan fingerprint density at radius 1 is 1.54 bits per heavy atom. The summed E-state index contributed by atoms with van der Waals surface area (Å²) in [5, 5.41) is 10.4. The molecule has 0 aliphatic heterocycles. The Bertz CT molecular complexity index is 183. The van der Waals surface area contributed by atoms with E-state index in [1.54, 1.807) is 6.92 Å². The molecule has 0 aromatic rings. The maximum absolute atomic E-state index is 10.4. The first kappa shape index (κ1) is 12.2.